The Kier molecular flexibility index (Phi) is 7.65. The Hall–Kier alpha value is -3.38. The third-order valence-corrected chi connectivity index (χ3v) is 4.10. The van der Waals surface area contributed by atoms with Crippen LogP contribution in [0.3, 0.4) is 0 Å². The topological polar surface area (TPSA) is 106 Å². The van der Waals surface area contributed by atoms with E-state index in [1.165, 1.54) is 6.20 Å². The van der Waals surface area contributed by atoms with Gasteiger partial charge in [-0.25, -0.2) is 4.98 Å². The number of aromatic nitrogens is 3. The number of nitrogens with zero attached hydrogens (tertiary/aromatic N) is 3. The zero-order chi connectivity index (χ0) is 24.1. The van der Waals surface area contributed by atoms with Gasteiger partial charge in [0.1, 0.15) is 5.82 Å². The van der Waals surface area contributed by atoms with E-state index in [2.05, 4.69) is 30.6 Å². The smallest absolute Gasteiger partial charge is 0.456 e. The molecule has 0 fully saturated rings. The molecule has 1 atom stereocenters. The second-order valence-corrected chi connectivity index (χ2v) is 7.06. The molecule has 0 radical (unpaired) electrons. The number of alkyl halides is 5. The fourth-order valence-corrected chi connectivity index (χ4v) is 2.17. The summed E-state index contributed by atoms with van der Waals surface area (Å²) in [7, 11) is 0. The highest BCUT2D eigenvalue weighted by Gasteiger charge is 2.58. The highest BCUT2D eigenvalue weighted by Crippen LogP contribution is 2.35. The van der Waals surface area contributed by atoms with Gasteiger partial charge in [-0.2, -0.15) is 22.0 Å². The van der Waals surface area contributed by atoms with Crippen molar-refractivity contribution in [3.05, 3.63) is 41.7 Å². The lowest BCUT2D eigenvalue weighted by atomic mass is 10.1. The molecule has 2 rings (SSSR count). The minimum Gasteiger partial charge on any atom is -0.470 e. The number of carbonyl (C=O) groups is 2. The maximum absolute atomic E-state index is 12.9. The van der Waals surface area contributed by atoms with E-state index in [0.29, 0.717) is 11.4 Å². The largest absolute Gasteiger partial charge is 0.470 e. The predicted octanol–water partition coefficient (Wildman–Crippen LogP) is 3.53. The number of rotatable bonds is 8. The third-order valence-electron chi connectivity index (χ3n) is 4.10. The molecule has 2 heterocycles. The second-order valence-electron chi connectivity index (χ2n) is 7.06. The molecule has 1 unspecified atom stereocenters. The van der Waals surface area contributed by atoms with Gasteiger partial charge in [0.15, 0.2) is 12.3 Å². The summed E-state index contributed by atoms with van der Waals surface area (Å²) < 4.78 is 66.5. The van der Waals surface area contributed by atoms with Crippen molar-refractivity contribution >= 4 is 17.6 Å². The molecule has 174 valence electrons. The monoisotopic (exact) mass is 461 g/mol. The average Bonchev–Trinajstić information content (AvgIpc) is 2.72. The van der Waals surface area contributed by atoms with E-state index < -0.39 is 36.5 Å². The molecule has 0 spiro atoms. The van der Waals surface area contributed by atoms with Gasteiger partial charge in [0.2, 0.25) is 11.8 Å². The third kappa shape index (κ3) is 6.56. The molecular weight excluding hydrogens is 441 g/mol. The van der Waals surface area contributed by atoms with Gasteiger partial charge in [-0.3, -0.25) is 9.59 Å². The van der Waals surface area contributed by atoms with Gasteiger partial charge in [0.05, 0.1) is 6.04 Å². The van der Waals surface area contributed by atoms with Gasteiger partial charge in [-0.1, -0.05) is 13.8 Å². The minimum absolute atomic E-state index is 0.214. The number of ether oxygens (including phenoxy) is 1. The maximum Gasteiger partial charge on any atom is 0.456 e. The molecule has 0 saturated carbocycles. The molecule has 0 bridgehead atoms. The number of carbonyl (C=O) groups excluding carboxylic acids is 2. The first-order valence-corrected chi connectivity index (χ1v) is 9.29. The number of amides is 2. The van der Waals surface area contributed by atoms with Gasteiger partial charge in [0.25, 0.3) is 5.91 Å². The molecule has 2 amide bonds. The van der Waals surface area contributed by atoms with Crippen molar-refractivity contribution in [2.24, 2.45) is 5.92 Å². The summed E-state index contributed by atoms with van der Waals surface area (Å²) in [6.07, 6.45) is -4.31. The minimum atomic E-state index is -5.76. The lowest BCUT2D eigenvalue weighted by Gasteiger charge is -2.19. The van der Waals surface area contributed by atoms with Crippen molar-refractivity contribution in [1.29, 1.82) is 0 Å². The van der Waals surface area contributed by atoms with Gasteiger partial charge in [-0.05, 0) is 30.7 Å². The zero-order valence-electron chi connectivity index (χ0n) is 17.2. The van der Waals surface area contributed by atoms with E-state index in [1.807, 2.05) is 0 Å². The molecule has 0 aliphatic heterocycles. The van der Waals surface area contributed by atoms with Crippen LogP contribution in [0.15, 0.2) is 30.5 Å². The van der Waals surface area contributed by atoms with Crippen molar-refractivity contribution in [3.63, 3.8) is 0 Å². The number of pyridine rings is 1. The van der Waals surface area contributed by atoms with Crippen LogP contribution in [0.2, 0.25) is 0 Å². The standard InChI is InChI=1S/C19H20F5N5O3/c1-10(2)16(30)27-14-8-12(6-7-25-14)11(3)26-17(31)13-4-5-15(29-28-13)32-9-18(20,21)19(22,23)24/h4-8,10-11H,9H2,1-3H3,(H,26,31)(H,25,27,30). The van der Waals surface area contributed by atoms with Gasteiger partial charge < -0.3 is 15.4 Å². The fourth-order valence-electron chi connectivity index (χ4n) is 2.17. The quantitative estimate of drug-likeness (QED) is 0.583. The van der Waals surface area contributed by atoms with E-state index in [0.717, 1.165) is 12.1 Å². The summed E-state index contributed by atoms with van der Waals surface area (Å²) in [5, 5.41) is 12.1. The van der Waals surface area contributed by atoms with Crippen LogP contribution in [-0.2, 0) is 4.79 Å². The Morgan fingerprint density at radius 2 is 1.75 bits per heavy atom. The molecule has 32 heavy (non-hydrogen) atoms. The van der Waals surface area contributed by atoms with E-state index in [4.69, 9.17) is 0 Å². The summed E-state index contributed by atoms with van der Waals surface area (Å²) in [5.41, 5.74) is 0.406. The number of halogens is 5. The molecule has 8 nitrogen and oxygen atoms in total. The van der Waals surface area contributed by atoms with E-state index in [1.54, 1.807) is 32.9 Å². The summed E-state index contributed by atoms with van der Waals surface area (Å²) in [5.74, 6) is -6.50. The Balaban J connectivity index is 1.98. The highest BCUT2D eigenvalue weighted by molar-refractivity contribution is 5.92. The number of anilines is 1. The van der Waals surface area contributed by atoms with Crippen molar-refractivity contribution in [2.45, 2.75) is 38.9 Å². The molecule has 2 aromatic heterocycles. The Morgan fingerprint density at radius 1 is 1.06 bits per heavy atom. The van der Waals surface area contributed by atoms with Crippen LogP contribution in [0.5, 0.6) is 5.88 Å². The fraction of sp³-hybridized carbons (Fsp3) is 0.421. The van der Waals surface area contributed by atoms with Gasteiger partial charge in [0, 0.05) is 18.2 Å². The maximum atomic E-state index is 12.9. The molecule has 2 N–H and O–H groups in total. The van der Waals surface area contributed by atoms with Crippen molar-refractivity contribution in [3.8, 4) is 5.88 Å². The number of hydrogen-bond acceptors (Lipinski definition) is 6. The molecule has 13 heteroatoms. The summed E-state index contributed by atoms with van der Waals surface area (Å²) in [4.78, 5) is 28.2. The summed E-state index contributed by atoms with van der Waals surface area (Å²) >= 11 is 0. The van der Waals surface area contributed by atoms with Crippen LogP contribution in [0, 0.1) is 5.92 Å². The molecule has 0 saturated heterocycles. The van der Waals surface area contributed by atoms with E-state index in [-0.39, 0.29) is 17.5 Å². The van der Waals surface area contributed by atoms with Crippen LogP contribution in [0.25, 0.3) is 0 Å². The van der Waals surface area contributed by atoms with Crippen LogP contribution in [0.1, 0.15) is 42.9 Å². The average molecular weight is 461 g/mol. The zero-order valence-corrected chi connectivity index (χ0v) is 17.2. The first-order valence-electron chi connectivity index (χ1n) is 9.29. The van der Waals surface area contributed by atoms with Crippen LogP contribution < -0.4 is 15.4 Å². The van der Waals surface area contributed by atoms with Gasteiger partial charge >= 0.3 is 12.1 Å². The van der Waals surface area contributed by atoms with Crippen LogP contribution in [-0.4, -0.2) is 45.7 Å². The molecular formula is C19H20F5N5O3. The van der Waals surface area contributed by atoms with Crippen molar-refractivity contribution < 1.29 is 36.3 Å². The molecule has 2 aromatic rings. The highest BCUT2D eigenvalue weighted by atomic mass is 19.4. The molecule has 0 aromatic carbocycles. The summed E-state index contributed by atoms with van der Waals surface area (Å²) in [6, 6.07) is 4.68. The lowest BCUT2D eigenvalue weighted by molar-refractivity contribution is -0.290. The summed E-state index contributed by atoms with van der Waals surface area (Å²) in [6.45, 7) is 3.14. The first kappa shape index (κ1) is 24.9. The van der Waals surface area contributed by atoms with Crippen LogP contribution >= 0.6 is 0 Å². The van der Waals surface area contributed by atoms with Crippen LogP contribution in [0.4, 0.5) is 27.8 Å². The van der Waals surface area contributed by atoms with E-state index >= 15 is 0 Å². The Morgan fingerprint density at radius 3 is 2.31 bits per heavy atom. The van der Waals surface area contributed by atoms with Crippen molar-refractivity contribution in [2.75, 3.05) is 11.9 Å². The Bertz CT molecular complexity index is 951. The lowest BCUT2D eigenvalue weighted by Crippen LogP contribution is -2.41. The normalized spacial score (nSPS) is 12.9. The molecule has 0 aliphatic carbocycles. The SMILES string of the molecule is CC(C)C(=O)Nc1cc(C(C)NC(=O)c2ccc(OCC(F)(F)C(F)(F)F)nn2)ccn1. The second kappa shape index (κ2) is 9.83. The number of nitrogens with one attached hydrogen (secondary N) is 2. The first-order chi connectivity index (χ1) is 14.8. The van der Waals surface area contributed by atoms with Crippen molar-refractivity contribution in [1.82, 2.24) is 20.5 Å². The number of hydrogen-bond donors (Lipinski definition) is 2. The van der Waals surface area contributed by atoms with E-state index in [9.17, 15) is 31.5 Å². The predicted molar refractivity (Wildman–Crippen MR) is 102 cm³/mol. The molecule has 0 aliphatic rings. The Labute approximate surface area is 179 Å². The van der Waals surface area contributed by atoms with Gasteiger partial charge in [-0.15, -0.1) is 10.2 Å².